The van der Waals surface area contributed by atoms with E-state index >= 15 is 0 Å². The van der Waals surface area contributed by atoms with Gasteiger partial charge in [0.1, 0.15) is 0 Å². The summed E-state index contributed by atoms with van der Waals surface area (Å²) in [5.74, 6) is 0.730. The highest BCUT2D eigenvalue weighted by molar-refractivity contribution is 9.10. The summed E-state index contributed by atoms with van der Waals surface area (Å²) in [6.45, 7) is 0. The molecule has 5 rings (SSSR count). The molecular weight excluding hydrogens is 444 g/mol. The lowest BCUT2D eigenvalue weighted by atomic mass is 10.0. The normalized spacial score (nSPS) is 10.7. The molecule has 0 radical (unpaired) electrons. The highest BCUT2D eigenvalue weighted by Crippen LogP contribution is 2.29. The van der Waals surface area contributed by atoms with Gasteiger partial charge in [-0.2, -0.15) is 0 Å². The van der Waals surface area contributed by atoms with E-state index in [-0.39, 0.29) is 0 Å². The van der Waals surface area contributed by atoms with Gasteiger partial charge < -0.3 is 0 Å². The van der Waals surface area contributed by atoms with E-state index in [2.05, 4.69) is 82.7 Å². The van der Waals surface area contributed by atoms with Crippen LogP contribution in [0.15, 0.2) is 120 Å². The molecule has 1 aromatic heterocycles. The molecule has 0 aliphatic heterocycles. The lowest BCUT2D eigenvalue weighted by Gasteiger charge is -2.10. The quantitative estimate of drug-likeness (QED) is 0.271. The van der Waals surface area contributed by atoms with E-state index in [1.807, 2.05) is 48.5 Å². The standard InChI is InChI=1S/C28H19BrN2/c29-25-17-15-21(16-18-25)20-11-13-23(14-12-20)27-19-26(22-7-3-1-4-8-22)30-28(31-27)24-9-5-2-6-10-24/h1-19H. The minimum absolute atomic E-state index is 0.730. The van der Waals surface area contributed by atoms with Crippen molar-refractivity contribution in [1.82, 2.24) is 9.97 Å². The monoisotopic (exact) mass is 462 g/mol. The number of nitrogens with zero attached hydrogens (tertiary/aromatic N) is 2. The minimum Gasteiger partial charge on any atom is -0.228 e. The zero-order valence-corrected chi connectivity index (χ0v) is 18.3. The summed E-state index contributed by atoms with van der Waals surface area (Å²) >= 11 is 3.50. The molecule has 0 spiro atoms. The molecule has 1 heterocycles. The highest BCUT2D eigenvalue weighted by Gasteiger charge is 2.10. The van der Waals surface area contributed by atoms with Crippen molar-refractivity contribution in [2.75, 3.05) is 0 Å². The molecule has 4 aromatic carbocycles. The first kappa shape index (κ1) is 19.4. The van der Waals surface area contributed by atoms with Gasteiger partial charge in [0.25, 0.3) is 0 Å². The van der Waals surface area contributed by atoms with Gasteiger partial charge in [-0.05, 0) is 29.3 Å². The molecule has 31 heavy (non-hydrogen) atoms. The summed E-state index contributed by atoms with van der Waals surface area (Å²) in [7, 11) is 0. The first-order valence-corrected chi connectivity index (χ1v) is 10.9. The predicted octanol–water partition coefficient (Wildman–Crippen LogP) is 7.91. The topological polar surface area (TPSA) is 25.8 Å². The van der Waals surface area contributed by atoms with E-state index in [9.17, 15) is 0 Å². The van der Waals surface area contributed by atoms with E-state index < -0.39 is 0 Å². The summed E-state index contributed by atoms with van der Waals surface area (Å²) < 4.78 is 1.08. The minimum atomic E-state index is 0.730. The van der Waals surface area contributed by atoms with Crippen molar-refractivity contribution in [3.05, 3.63) is 120 Å². The third kappa shape index (κ3) is 4.32. The van der Waals surface area contributed by atoms with Crippen molar-refractivity contribution < 1.29 is 0 Å². The molecular formula is C28H19BrN2. The maximum atomic E-state index is 4.90. The first-order chi connectivity index (χ1) is 15.3. The van der Waals surface area contributed by atoms with Crippen molar-refractivity contribution >= 4 is 15.9 Å². The van der Waals surface area contributed by atoms with E-state index in [1.165, 1.54) is 11.1 Å². The Morgan fingerprint density at radius 3 is 1.39 bits per heavy atom. The summed E-state index contributed by atoms with van der Waals surface area (Å²) in [6.07, 6.45) is 0. The molecule has 0 N–H and O–H groups in total. The molecule has 0 fully saturated rings. The van der Waals surface area contributed by atoms with Crippen LogP contribution in [0, 0.1) is 0 Å². The maximum Gasteiger partial charge on any atom is 0.160 e. The molecule has 0 saturated heterocycles. The van der Waals surface area contributed by atoms with Gasteiger partial charge in [0.05, 0.1) is 11.4 Å². The van der Waals surface area contributed by atoms with Gasteiger partial charge >= 0.3 is 0 Å². The molecule has 0 aliphatic rings. The van der Waals surface area contributed by atoms with Crippen LogP contribution in [-0.2, 0) is 0 Å². The second-order valence-electron chi connectivity index (χ2n) is 7.28. The van der Waals surface area contributed by atoms with E-state index in [0.717, 1.165) is 38.4 Å². The lowest BCUT2D eigenvalue weighted by molar-refractivity contribution is 1.18. The molecule has 0 amide bonds. The Hall–Kier alpha value is -3.56. The third-order valence-electron chi connectivity index (χ3n) is 5.19. The van der Waals surface area contributed by atoms with Gasteiger partial charge in [-0.1, -0.05) is 113 Å². The zero-order chi connectivity index (χ0) is 21.0. The predicted molar refractivity (Wildman–Crippen MR) is 131 cm³/mol. The van der Waals surface area contributed by atoms with Crippen LogP contribution in [0.2, 0.25) is 0 Å². The summed E-state index contributed by atoms with van der Waals surface area (Å²) in [6, 6.07) is 39.3. The van der Waals surface area contributed by atoms with Crippen molar-refractivity contribution in [2.45, 2.75) is 0 Å². The van der Waals surface area contributed by atoms with Gasteiger partial charge in [-0.25, -0.2) is 9.97 Å². The molecule has 0 saturated carbocycles. The molecule has 0 unspecified atom stereocenters. The summed E-state index contributed by atoms with van der Waals surface area (Å²) in [5, 5.41) is 0. The Kier molecular flexibility index (Phi) is 5.42. The molecule has 0 aliphatic carbocycles. The lowest BCUT2D eigenvalue weighted by Crippen LogP contribution is -1.95. The molecule has 148 valence electrons. The summed E-state index contributed by atoms with van der Waals surface area (Å²) in [5.41, 5.74) is 7.35. The molecule has 5 aromatic rings. The van der Waals surface area contributed by atoms with Gasteiger partial charge in [0.15, 0.2) is 5.82 Å². The number of halogens is 1. The van der Waals surface area contributed by atoms with Gasteiger partial charge in [0, 0.05) is 21.2 Å². The number of aromatic nitrogens is 2. The molecule has 2 nitrogen and oxygen atoms in total. The first-order valence-electron chi connectivity index (χ1n) is 10.1. The van der Waals surface area contributed by atoms with E-state index in [1.54, 1.807) is 0 Å². The van der Waals surface area contributed by atoms with Crippen LogP contribution in [0.4, 0.5) is 0 Å². The Morgan fingerprint density at radius 2 is 0.839 bits per heavy atom. The number of benzene rings is 4. The van der Waals surface area contributed by atoms with Crippen molar-refractivity contribution in [3.8, 4) is 45.0 Å². The average molecular weight is 463 g/mol. The van der Waals surface area contributed by atoms with Crippen LogP contribution in [0.5, 0.6) is 0 Å². The zero-order valence-electron chi connectivity index (χ0n) is 16.7. The van der Waals surface area contributed by atoms with Gasteiger partial charge in [-0.3, -0.25) is 0 Å². The highest BCUT2D eigenvalue weighted by atomic mass is 79.9. The van der Waals surface area contributed by atoms with Gasteiger partial charge in [0.2, 0.25) is 0 Å². The van der Waals surface area contributed by atoms with Crippen molar-refractivity contribution in [1.29, 1.82) is 0 Å². The molecule has 0 bridgehead atoms. The Balaban J connectivity index is 1.58. The molecule has 3 heteroatoms. The molecule has 0 atom stereocenters. The fourth-order valence-electron chi connectivity index (χ4n) is 3.54. The smallest absolute Gasteiger partial charge is 0.160 e. The average Bonchev–Trinajstić information content (AvgIpc) is 2.85. The number of rotatable bonds is 4. The van der Waals surface area contributed by atoms with E-state index in [4.69, 9.17) is 9.97 Å². The third-order valence-corrected chi connectivity index (χ3v) is 5.71. The number of hydrogen-bond donors (Lipinski definition) is 0. The van der Waals surface area contributed by atoms with Gasteiger partial charge in [-0.15, -0.1) is 0 Å². The van der Waals surface area contributed by atoms with Crippen LogP contribution in [-0.4, -0.2) is 9.97 Å². The van der Waals surface area contributed by atoms with Crippen LogP contribution >= 0.6 is 15.9 Å². The maximum absolute atomic E-state index is 4.90. The fourth-order valence-corrected chi connectivity index (χ4v) is 3.81. The van der Waals surface area contributed by atoms with Crippen LogP contribution in [0.25, 0.3) is 45.0 Å². The Morgan fingerprint density at radius 1 is 0.419 bits per heavy atom. The van der Waals surface area contributed by atoms with Crippen LogP contribution < -0.4 is 0 Å². The Bertz CT molecular complexity index is 1240. The van der Waals surface area contributed by atoms with E-state index in [0.29, 0.717) is 0 Å². The van der Waals surface area contributed by atoms with Crippen LogP contribution in [0.1, 0.15) is 0 Å². The second kappa shape index (κ2) is 8.66. The number of hydrogen-bond acceptors (Lipinski definition) is 2. The largest absolute Gasteiger partial charge is 0.228 e. The fraction of sp³-hybridized carbons (Fsp3) is 0. The summed E-state index contributed by atoms with van der Waals surface area (Å²) in [4.78, 5) is 9.75. The Labute approximate surface area is 190 Å². The SMILES string of the molecule is Brc1ccc(-c2ccc(-c3cc(-c4ccccc4)nc(-c4ccccc4)n3)cc2)cc1. The second-order valence-corrected chi connectivity index (χ2v) is 8.19. The van der Waals surface area contributed by atoms with Crippen LogP contribution in [0.3, 0.4) is 0 Å². The van der Waals surface area contributed by atoms with Crippen molar-refractivity contribution in [3.63, 3.8) is 0 Å². The van der Waals surface area contributed by atoms with Crippen molar-refractivity contribution in [2.24, 2.45) is 0 Å².